The zero-order chi connectivity index (χ0) is 9.42. The average Bonchev–Trinajstić information content (AvgIpc) is 2.39. The molecule has 1 aromatic carbocycles. The average molecular weight is 172 g/mol. The predicted octanol–water partition coefficient (Wildman–Crippen LogP) is 2.84. The lowest BCUT2D eigenvalue weighted by molar-refractivity contribution is 1.02. The van der Waals surface area contributed by atoms with E-state index < -0.39 is 0 Å². The number of aryl methyl sites for hydroxylation is 1. The van der Waals surface area contributed by atoms with Crippen molar-refractivity contribution in [3.8, 4) is 0 Å². The zero-order valence-electron chi connectivity index (χ0n) is 7.91. The van der Waals surface area contributed by atoms with Gasteiger partial charge in [-0.3, -0.25) is 0 Å². The minimum absolute atomic E-state index is 0.994. The quantitative estimate of drug-likeness (QED) is 0.646. The van der Waals surface area contributed by atoms with Crippen molar-refractivity contribution < 1.29 is 0 Å². The SMILES string of the molecule is C=C(C)n1c(C)nc2ccccc21. The highest BCUT2D eigenvalue weighted by Gasteiger charge is 2.05. The second-order valence-electron chi connectivity index (χ2n) is 3.22. The van der Waals surface area contributed by atoms with E-state index in [1.165, 1.54) is 0 Å². The van der Waals surface area contributed by atoms with E-state index in [0.29, 0.717) is 0 Å². The van der Waals surface area contributed by atoms with Crippen LogP contribution < -0.4 is 0 Å². The lowest BCUT2D eigenvalue weighted by Gasteiger charge is -2.03. The number of rotatable bonds is 1. The number of allylic oxidation sites excluding steroid dienone is 1. The molecule has 0 unspecified atom stereocenters. The maximum Gasteiger partial charge on any atom is 0.111 e. The van der Waals surface area contributed by atoms with Crippen molar-refractivity contribution in [2.24, 2.45) is 0 Å². The van der Waals surface area contributed by atoms with Gasteiger partial charge in [-0.1, -0.05) is 18.7 Å². The van der Waals surface area contributed by atoms with Crippen LogP contribution in [-0.2, 0) is 0 Å². The largest absolute Gasteiger partial charge is 0.301 e. The molecule has 2 heteroatoms. The van der Waals surface area contributed by atoms with Gasteiger partial charge in [0.25, 0.3) is 0 Å². The number of hydrogen-bond acceptors (Lipinski definition) is 1. The highest BCUT2D eigenvalue weighted by Crippen LogP contribution is 2.18. The third-order valence-corrected chi connectivity index (χ3v) is 2.11. The molecule has 0 fully saturated rings. The lowest BCUT2D eigenvalue weighted by atomic mass is 10.3. The summed E-state index contributed by atoms with van der Waals surface area (Å²) in [4.78, 5) is 4.44. The van der Waals surface area contributed by atoms with Gasteiger partial charge in [0.1, 0.15) is 5.82 Å². The molecule has 0 saturated carbocycles. The molecule has 0 saturated heterocycles. The Labute approximate surface area is 77.5 Å². The fourth-order valence-corrected chi connectivity index (χ4v) is 1.63. The lowest BCUT2D eigenvalue weighted by Crippen LogP contribution is -1.94. The maximum absolute atomic E-state index is 4.44. The highest BCUT2D eigenvalue weighted by atomic mass is 15.1. The van der Waals surface area contributed by atoms with E-state index in [1.54, 1.807) is 0 Å². The first-order chi connectivity index (χ1) is 6.20. The van der Waals surface area contributed by atoms with Crippen molar-refractivity contribution in [3.63, 3.8) is 0 Å². The van der Waals surface area contributed by atoms with Gasteiger partial charge in [0, 0.05) is 5.70 Å². The Kier molecular flexibility index (Phi) is 1.69. The molecule has 0 aliphatic rings. The van der Waals surface area contributed by atoms with Crippen molar-refractivity contribution >= 4 is 16.7 Å². The molecule has 0 bridgehead atoms. The molecule has 0 spiro atoms. The standard InChI is InChI=1S/C11H12N2/c1-8(2)13-9(3)12-10-6-4-5-7-11(10)13/h4-7H,1H2,2-3H3. The number of nitrogens with zero attached hydrogens (tertiary/aromatic N) is 2. The molecule has 2 aromatic rings. The predicted molar refractivity (Wildman–Crippen MR) is 55.5 cm³/mol. The van der Waals surface area contributed by atoms with Gasteiger partial charge in [-0.2, -0.15) is 0 Å². The summed E-state index contributed by atoms with van der Waals surface area (Å²) in [5.41, 5.74) is 3.17. The Morgan fingerprint density at radius 1 is 1.38 bits per heavy atom. The minimum Gasteiger partial charge on any atom is -0.301 e. The molecule has 0 aliphatic carbocycles. The Bertz CT molecular complexity index is 466. The molecule has 1 aromatic heterocycles. The van der Waals surface area contributed by atoms with Gasteiger partial charge in [-0.15, -0.1) is 0 Å². The molecule has 13 heavy (non-hydrogen) atoms. The zero-order valence-corrected chi connectivity index (χ0v) is 7.91. The number of aromatic nitrogens is 2. The van der Waals surface area contributed by atoms with Crippen LogP contribution in [-0.4, -0.2) is 9.55 Å². The summed E-state index contributed by atoms with van der Waals surface area (Å²) in [5.74, 6) is 0.994. The Balaban J connectivity index is 2.86. The van der Waals surface area contributed by atoms with Crippen molar-refractivity contribution in [1.82, 2.24) is 9.55 Å². The van der Waals surface area contributed by atoms with E-state index in [0.717, 1.165) is 22.6 Å². The molecule has 0 N–H and O–H groups in total. The summed E-state index contributed by atoms with van der Waals surface area (Å²) in [7, 11) is 0. The fraction of sp³-hybridized carbons (Fsp3) is 0.182. The third-order valence-electron chi connectivity index (χ3n) is 2.11. The summed E-state index contributed by atoms with van der Waals surface area (Å²) in [5, 5.41) is 0. The molecular formula is C11H12N2. The van der Waals surface area contributed by atoms with Crippen LogP contribution in [0.15, 0.2) is 30.8 Å². The molecule has 0 atom stereocenters. The number of imidazole rings is 1. The number of benzene rings is 1. The first-order valence-corrected chi connectivity index (χ1v) is 4.30. The summed E-state index contributed by atoms with van der Waals surface area (Å²) < 4.78 is 2.06. The molecule has 0 radical (unpaired) electrons. The van der Waals surface area contributed by atoms with Crippen LogP contribution in [0.25, 0.3) is 16.7 Å². The number of fused-ring (bicyclic) bond motifs is 1. The summed E-state index contributed by atoms with van der Waals surface area (Å²) >= 11 is 0. The topological polar surface area (TPSA) is 17.8 Å². The van der Waals surface area contributed by atoms with Gasteiger partial charge in [-0.05, 0) is 26.0 Å². The van der Waals surface area contributed by atoms with E-state index in [4.69, 9.17) is 0 Å². The van der Waals surface area contributed by atoms with E-state index >= 15 is 0 Å². The van der Waals surface area contributed by atoms with Crippen molar-refractivity contribution in [3.05, 3.63) is 36.7 Å². The van der Waals surface area contributed by atoms with Crippen LogP contribution in [0.2, 0.25) is 0 Å². The maximum atomic E-state index is 4.44. The first-order valence-electron chi connectivity index (χ1n) is 4.30. The number of para-hydroxylation sites is 2. The number of hydrogen-bond donors (Lipinski definition) is 0. The van der Waals surface area contributed by atoms with E-state index in [1.807, 2.05) is 32.0 Å². The molecule has 2 rings (SSSR count). The van der Waals surface area contributed by atoms with Gasteiger partial charge < -0.3 is 4.57 Å². The smallest absolute Gasteiger partial charge is 0.111 e. The summed E-state index contributed by atoms with van der Waals surface area (Å²) in [6, 6.07) is 8.09. The van der Waals surface area contributed by atoms with E-state index in [-0.39, 0.29) is 0 Å². The minimum atomic E-state index is 0.994. The van der Waals surface area contributed by atoms with Crippen molar-refractivity contribution in [2.75, 3.05) is 0 Å². The van der Waals surface area contributed by atoms with Crippen LogP contribution in [0.1, 0.15) is 12.7 Å². The Morgan fingerprint density at radius 3 is 2.77 bits per heavy atom. The molecule has 0 amide bonds. The van der Waals surface area contributed by atoms with Gasteiger partial charge in [0.15, 0.2) is 0 Å². The molecular weight excluding hydrogens is 160 g/mol. The van der Waals surface area contributed by atoms with Gasteiger partial charge in [0.2, 0.25) is 0 Å². The Hall–Kier alpha value is -1.57. The second-order valence-corrected chi connectivity index (χ2v) is 3.22. The third kappa shape index (κ3) is 1.15. The molecule has 66 valence electrons. The van der Waals surface area contributed by atoms with Crippen molar-refractivity contribution in [2.45, 2.75) is 13.8 Å². The van der Waals surface area contributed by atoms with Gasteiger partial charge in [0.05, 0.1) is 11.0 Å². The fourth-order valence-electron chi connectivity index (χ4n) is 1.63. The molecule has 2 nitrogen and oxygen atoms in total. The van der Waals surface area contributed by atoms with Crippen LogP contribution in [0.4, 0.5) is 0 Å². The van der Waals surface area contributed by atoms with Crippen LogP contribution in [0, 0.1) is 6.92 Å². The van der Waals surface area contributed by atoms with Crippen LogP contribution in [0.3, 0.4) is 0 Å². The van der Waals surface area contributed by atoms with E-state index in [9.17, 15) is 0 Å². The first kappa shape index (κ1) is 8.05. The Morgan fingerprint density at radius 2 is 2.08 bits per heavy atom. The van der Waals surface area contributed by atoms with Crippen LogP contribution in [0.5, 0.6) is 0 Å². The summed E-state index contributed by atoms with van der Waals surface area (Å²) in [6.07, 6.45) is 0. The molecule has 0 aliphatic heterocycles. The molecule has 1 heterocycles. The highest BCUT2D eigenvalue weighted by molar-refractivity contribution is 5.79. The van der Waals surface area contributed by atoms with E-state index in [2.05, 4.69) is 22.2 Å². The second kappa shape index (κ2) is 2.73. The summed E-state index contributed by atoms with van der Waals surface area (Å²) in [6.45, 7) is 7.91. The van der Waals surface area contributed by atoms with Gasteiger partial charge >= 0.3 is 0 Å². The van der Waals surface area contributed by atoms with Crippen molar-refractivity contribution in [1.29, 1.82) is 0 Å². The monoisotopic (exact) mass is 172 g/mol. The normalized spacial score (nSPS) is 10.6. The van der Waals surface area contributed by atoms with Crippen LogP contribution >= 0.6 is 0 Å². The van der Waals surface area contributed by atoms with Gasteiger partial charge in [-0.25, -0.2) is 4.98 Å².